The number of nitrogens with zero attached hydrogens (tertiary/aromatic N) is 1. The molecule has 6 nitrogen and oxygen atoms in total. The summed E-state index contributed by atoms with van der Waals surface area (Å²) in [5.41, 5.74) is 0.391. The minimum absolute atomic E-state index is 0.227. The van der Waals surface area contributed by atoms with Gasteiger partial charge in [0.1, 0.15) is 0 Å². The molecule has 34 heavy (non-hydrogen) atoms. The Bertz CT molecular complexity index is 1390. The Morgan fingerprint density at radius 1 is 0.794 bits per heavy atom. The maximum atomic E-state index is 13.9. The minimum Gasteiger partial charge on any atom is -0.349 e. The van der Waals surface area contributed by atoms with Gasteiger partial charge in [-0.1, -0.05) is 60.7 Å². The summed E-state index contributed by atoms with van der Waals surface area (Å²) in [4.78, 5) is 56.5. The molecule has 0 N–H and O–H groups in total. The first-order valence-electron chi connectivity index (χ1n) is 10.9. The Balaban J connectivity index is 1.58. The zero-order valence-electron chi connectivity index (χ0n) is 18.0. The first-order chi connectivity index (χ1) is 16.4. The van der Waals surface area contributed by atoms with Gasteiger partial charge in [0.15, 0.2) is 0 Å². The summed E-state index contributed by atoms with van der Waals surface area (Å²) in [5, 5.41) is 0. The van der Waals surface area contributed by atoms with Gasteiger partial charge >= 0.3 is 0 Å². The number of ether oxygens (including phenoxy) is 1. The molecule has 0 aromatic heterocycles. The van der Waals surface area contributed by atoms with Crippen molar-refractivity contribution in [3.05, 3.63) is 98.6 Å². The van der Waals surface area contributed by atoms with Crippen LogP contribution in [0.25, 0.3) is 0 Å². The summed E-state index contributed by atoms with van der Waals surface area (Å²) in [5.74, 6) is -4.37. The molecule has 3 atom stereocenters. The molecule has 168 valence electrons. The molecule has 2 aliphatic heterocycles. The second kappa shape index (κ2) is 7.41. The van der Waals surface area contributed by atoms with E-state index < -0.39 is 46.9 Å². The van der Waals surface area contributed by atoms with Crippen LogP contribution in [0.4, 0.5) is 5.69 Å². The molecule has 1 spiro atoms. The van der Waals surface area contributed by atoms with Crippen molar-refractivity contribution < 1.29 is 23.9 Å². The van der Waals surface area contributed by atoms with Crippen LogP contribution in [0, 0.1) is 22.3 Å². The summed E-state index contributed by atoms with van der Waals surface area (Å²) >= 11 is 2.07. The second-order valence-corrected chi connectivity index (χ2v) is 9.96. The number of imide groups is 1. The largest absolute Gasteiger partial charge is 0.349 e. The maximum absolute atomic E-state index is 13.9. The van der Waals surface area contributed by atoms with E-state index in [-0.39, 0.29) is 11.1 Å². The number of para-hydroxylation sites is 1. The first kappa shape index (κ1) is 21.4. The van der Waals surface area contributed by atoms with Gasteiger partial charge in [0, 0.05) is 14.7 Å². The lowest BCUT2D eigenvalue weighted by atomic mass is 9.77. The van der Waals surface area contributed by atoms with Crippen molar-refractivity contribution in [2.75, 3.05) is 4.90 Å². The number of hydrogen-bond donors (Lipinski definition) is 0. The van der Waals surface area contributed by atoms with Crippen LogP contribution in [0.5, 0.6) is 0 Å². The average Bonchev–Trinajstić information content (AvgIpc) is 3.40. The van der Waals surface area contributed by atoms with Gasteiger partial charge < -0.3 is 4.74 Å². The van der Waals surface area contributed by atoms with Crippen molar-refractivity contribution in [2.45, 2.75) is 18.6 Å². The van der Waals surface area contributed by atoms with Gasteiger partial charge in [-0.15, -0.1) is 0 Å². The number of Topliss-reactive ketones (excluding diaryl/α,β-unsaturated/α-hetero) is 2. The van der Waals surface area contributed by atoms with Gasteiger partial charge in [0.25, 0.3) is 0 Å². The van der Waals surface area contributed by atoms with E-state index >= 15 is 0 Å². The van der Waals surface area contributed by atoms with Gasteiger partial charge in [0.2, 0.25) is 29.0 Å². The number of aryl methyl sites for hydroxylation is 1. The Morgan fingerprint density at radius 2 is 1.38 bits per heavy atom. The molecule has 3 aromatic rings. The van der Waals surface area contributed by atoms with Crippen LogP contribution >= 0.6 is 22.6 Å². The van der Waals surface area contributed by atoms with Gasteiger partial charge in [-0.05, 0) is 52.8 Å². The van der Waals surface area contributed by atoms with Gasteiger partial charge in [0.05, 0.1) is 23.6 Å². The average molecular weight is 563 g/mol. The molecule has 2 fully saturated rings. The van der Waals surface area contributed by atoms with Crippen LogP contribution in [0.2, 0.25) is 0 Å². The number of halogens is 1. The molecule has 3 unspecified atom stereocenters. The Kier molecular flexibility index (Phi) is 4.66. The molecule has 0 saturated carbocycles. The number of hydrogen-bond acceptors (Lipinski definition) is 5. The third-order valence-electron chi connectivity index (χ3n) is 7.11. The van der Waals surface area contributed by atoms with E-state index in [2.05, 4.69) is 22.6 Å². The van der Waals surface area contributed by atoms with Crippen LogP contribution in [-0.2, 0) is 14.3 Å². The zero-order valence-corrected chi connectivity index (χ0v) is 20.2. The highest BCUT2D eigenvalue weighted by atomic mass is 127. The van der Waals surface area contributed by atoms with Crippen LogP contribution in [0.1, 0.15) is 37.9 Å². The Labute approximate surface area is 209 Å². The summed E-state index contributed by atoms with van der Waals surface area (Å²) in [6.07, 6.45) is -0.906. The van der Waals surface area contributed by atoms with Crippen molar-refractivity contribution in [3.63, 3.8) is 0 Å². The van der Waals surface area contributed by atoms with Crippen molar-refractivity contribution in [2.24, 2.45) is 11.8 Å². The summed E-state index contributed by atoms with van der Waals surface area (Å²) < 4.78 is 7.06. The lowest BCUT2D eigenvalue weighted by Crippen LogP contribution is -2.51. The molecule has 3 aromatic carbocycles. The van der Waals surface area contributed by atoms with E-state index in [1.165, 1.54) is 0 Å². The number of fused-ring (bicyclic) bond motifs is 3. The van der Waals surface area contributed by atoms with Crippen molar-refractivity contribution in [1.29, 1.82) is 0 Å². The molecule has 7 heteroatoms. The van der Waals surface area contributed by atoms with Crippen LogP contribution < -0.4 is 4.90 Å². The lowest BCUT2D eigenvalue weighted by Gasteiger charge is -2.28. The number of rotatable bonds is 2. The Morgan fingerprint density at radius 3 is 2.03 bits per heavy atom. The molecule has 0 radical (unpaired) electrons. The molecule has 0 bridgehead atoms. The fourth-order valence-corrected chi connectivity index (χ4v) is 6.20. The maximum Gasteiger partial charge on any atom is 0.241 e. The van der Waals surface area contributed by atoms with E-state index in [0.29, 0.717) is 11.3 Å². The highest BCUT2D eigenvalue weighted by Gasteiger charge is 2.74. The molecule has 3 aliphatic rings. The number of anilines is 1. The monoisotopic (exact) mass is 563 g/mol. The SMILES string of the molecule is Cc1ccccc1C1OC2(C(=O)c3ccccc3C2=O)C2C(=O)N(c3ccccc3I)C(=O)C12. The fraction of sp³-hybridized carbons (Fsp3) is 0.185. The predicted octanol–water partition coefficient (Wildman–Crippen LogP) is 4.29. The van der Waals surface area contributed by atoms with E-state index in [0.717, 1.165) is 14.0 Å². The predicted molar refractivity (Wildman–Crippen MR) is 131 cm³/mol. The third kappa shape index (κ3) is 2.59. The summed E-state index contributed by atoms with van der Waals surface area (Å²) in [6, 6.07) is 20.9. The molecule has 1 aliphatic carbocycles. The molecule has 6 rings (SSSR count). The topological polar surface area (TPSA) is 80.8 Å². The van der Waals surface area contributed by atoms with E-state index in [9.17, 15) is 19.2 Å². The van der Waals surface area contributed by atoms with Gasteiger partial charge in [-0.2, -0.15) is 0 Å². The quantitative estimate of drug-likeness (QED) is 0.264. The normalized spacial score (nSPS) is 24.8. The smallest absolute Gasteiger partial charge is 0.241 e. The van der Waals surface area contributed by atoms with Crippen molar-refractivity contribution in [1.82, 2.24) is 0 Å². The summed E-state index contributed by atoms with van der Waals surface area (Å²) in [7, 11) is 0. The van der Waals surface area contributed by atoms with Crippen LogP contribution in [0.15, 0.2) is 72.8 Å². The number of carbonyl (C=O) groups is 4. The molecule has 2 amide bonds. The molecule has 2 heterocycles. The van der Waals surface area contributed by atoms with E-state index in [1.54, 1.807) is 42.5 Å². The van der Waals surface area contributed by atoms with Crippen molar-refractivity contribution >= 4 is 51.7 Å². The number of carbonyl (C=O) groups excluding carboxylic acids is 4. The molecule has 2 saturated heterocycles. The lowest BCUT2D eigenvalue weighted by molar-refractivity contribution is -0.127. The Hall–Kier alpha value is -3.17. The van der Waals surface area contributed by atoms with Gasteiger partial charge in [-0.3, -0.25) is 19.2 Å². The van der Waals surface area contributed by atoms with Crippen LogP contribution in [-0.4, -0.2) is 29.0 Å². The minimum atomic E-state index is -2.05. The standard InChI is InChI=1S/C27H18INO5/c1-14-8-2-3-9-15(14)22-20-21(26(33)29(25(20)32)19-13-7-6-12-18(19)28)27(34-22)23(30)16-10-4-5-11-17(16)24(27)31/h2-13,20-22H,1H3. The summed E-state index contributed by atoms with van der Waals surface area (Å²) in [6.45, 7) is 1.88. The van der Waals surface area contributed by atoms with E-state index in [4.69, 9.17) is 4.74 Å². The van der Waals surface area contributed by atoms with Gasteiger partial charge in [-0.25, -0.2) is 4.90 Å². The molecular weight excluding hydrogens is 545 g/mol. The van der Waals surface area contributed by atoms with Crippen LogP contribution in [0.3, 0.4) is 0 Å². The molecular formula is C27H18INO5. The first-order valence-corrected chi connectivity index (χ1v) is 12.0. The highest BCUT2D eigenvalue weighted by molar-refractivity contribution is 14.1. The number of ketones is 2. The fourth-order valence-electron chi connectivity index (χ4n) is 5.58. The zero-order chi connectivity index (χ0) is 23.8. The number of amides is 2. The van der Waals surface area contributed by atoms with E-state index in [1.807, 2.05) is 37.3 Å². The highest BCUT2D eigenvalue weighted by Crippen LogP contribution is 2.58. The van der Waals surface area contributed by atoms with Crippen molar-refractivity contribution in [3.8, 4) is 0 Å². The third-order valence-corrected chi connectivity index (χ3v) is 8.02. The number of benzene rings is 3. The second-order valence-electron chi connectivity index (χ2n) is 8.80.